The minimum atomic E-state index is -0.192. The Labute approximate surface area is 169 Å². The number of amides is 3. The normalized spacial score (nSPS) is 18.9. The molecule has 7 heteroatoms. The van der Waals surface area contributed by atoms with Crippen LogP contribution in [0.4, 0.5) is 4.79 Å². The molecule has 0 atom stereocenters. The summed E-state index contributed by atoms with van der Waals surface area (Å²) >= 11 is 5.85. The summed E-state index contributed by atoms with van der Waals surface area (Å²) in [5, 5.41) is 19.0. The molecule has 0 heterocycles. The lowest BCUT2D eigenvalue weighted by atomic mass is 9.91. The highest BCUT2D eigenvalue weighted by molar-refractivity contribution is 6.30. The van der Waals surface area contributed by atoms with Gasteiger partial charge in [-0.1, -0.05) is 29.8 Å². The van der Waals surface area contributed by atoms with E-state index in [-0.39, 0.29) is 29.8 Å². The fourth-order valence-corrected chi connectivity index (χ4v) is 3.44. The van der Waals surface area contributed by atoms with Crippen LogP contribution in [0.25, 0.3) is 0 Å². The lowest BCUT2D eigenvalue weighted by molar-refractivity contribution is 0.0924. The van der Waals surface area contributed by atoms with Gasteiger partial charge in [-0.25, -0.2) is 4.79 Å². The van der Waals surface area contributed by atoms with Crippen LogP contribution in [0.5, 0.6) is 5.75 Å². The molecule has 1 fully saturated rings. The number of phenols is 1. The first-order valence-corrected chi connectivity index (χ1v) is 9.76. The van der Waals surface area contributed by atoms with Crippen LogP contribution in [0, 0.1) is 0 Å². The number of hydrogen-bond acceptors (Lipinski definition) is 3. The van der Waals surface area contributed by atoms with Gasteiger partial charge in [-0.15, -0.1) is 0 Å². The van der Waals surface area contributed by atoms with Crippen LogP contribution < -0.4 is 16.0 Å². The van der Waals surface area contributed by atoms with Crippen molar-refractivity contribution in [3.63, 3.8) is 0 Å². The Hall–Kier alpha value is -2.73. The van der Waals surface area contributed by atoms with Crippen molar-refractivity contribution in [3.8, 4) is 5.75 Å². The SMILES string of the molecule is O=C(NCc1ccc(Cl)cc1)NC1CCC(NC(=O)c2cccc(O)c2)CC1. The molecule has 0 aliphatic heterocycles. The van der Waals surface area contributed by atoms with E-state index < -0.39 is 0 Å². The molecule has 1 saturated carbocycles. The van der Waals surface area contributed by atoms with E-state index >= 15 is 0 Å². The van der Waals surface area contributed by atoms with Crippen molar-refractivity contribution >= 4 is 23.5 Å². The summed E-state index contributed by atoms with van der Waals surface area (Å²) in [5.41, 5.74) is 1.43. The largest absolute Gasteiger partial charge is 0.508 e. The Morgan fingerprint density at radius 1 is 0.964 bits per heavy atom. The van der Waals surface area contributed by atoms with Crippen molar-refractivity contribution in [1.29, 1.82) is 0 Å². The first-order valence-electron chi connectivity index (χ1n) is 9.38. The minimum absolute atomic E-state index is 0.0741. The predicted molar refractivity (Wildman–Crippen MR) is 108 cm³/mol. The maximum Gasteiger partial charge on any atom is 0.315 e. The fourth-order valence-electron chi connectivity index (χ4n) is 3.32. The van der Waals surface area contributed by atoms with Gasteiger partial charge >= 0.3 is 6.03 Å². The zero-order valence-corrected chi connectivity index (χ0v) is 16.2. The van der Waals surface area contributed by atoms with Gasteiger partial charge < -0.3 is 21.1 Å². The Morgan fingerprint density at radius 3 is 2.25 bits per heavy atom. The van der Waals surface area contributed by atoms with Gasteiger partial charge in [-0.3, -0.25) is 4.79 Å². The first kappa shape index (κ1) is 20.0. The standard InChI is InChI=1S/C21H24ClN3O3/c22-16-6-4-14(5-7-16)13-23-21(28)25-18-10-8-17(9-11-18)24-20(27)15-2-1-3-19(26)12-15/h1-7,12,17-18,26H,8-11,13H2,(H,24,27)(H2,23,25,28). The molecule has 2 aromatic carbocycles. The average Bonchev–Trinajstić information content (AvgIpc) is 2.69. The van der Waals surface area contributed by atoms with Crippen molar-refractivity contribution in [2.24, 2.45) is 0 Å². The number of benzene rings is 2. The van der Waals surface area contributed by atoms with Gasteiger partial charge in [0.15, 0.2) is 0 Å². The number of nitrogens with one attached hydrogen (secondary N) is 3. The molecular formula is C21H24ClN3O3. The van der Waals surface area contributed by atoms with Crippen LogP contribution in [0.15, 0.2) is 48.5 Å². The number of rotatable bonds is 5. The van der Waals surface area contributed by atoms with E-state index in [2.05, 4.69) is 16.0 Å². The van der Waals surface area contributed by atoms with Crippen molar-refractivity contribution in [1.82, 2.24) is 16.0 Å². The fraction of sp³-hybridized carbons (Fsp3) is 0.333. The molecular weight excluding hydrogens is 378 g/mol. The molecule has 0 bridgehead atoms. The van der Waals surface area contributed by atoms with Gasteiger partial charge in [-0.05, 0) is 61.6 Å². The smallest absolute Gasteiger partial charge is 0.315 e. The molecule has 3 rings (SSSR count). The quantitative estimate of drug-likeness (QED) is 0.617. The first-order chi connectivity index (χ1) is 13.5. The third-order valence-corrected chi connectivity index (χ3v) is 5.12. The molecule has 148 valence electrons. The van der Waals surface area contributed by atoms with E-state index in [4.69, 9.17) is 11.6 Å². The number of urea groups is 1. The molecule has 6 nitrogen and oxygen atoms in total. The van der Waals surface area contributed by atoms with Crippen LogP contribution in [0.3, 0.4) is 0 Å². The van der Waals surface area contributed by atoms with E-state index in [1.165, 1.54) is 12.1 Å². The van der Waals surface area contributed by atoms with E-state index in [1.54, 1.807) is 24.3 Å². The highest BCUT2D eigenvalue weighted by Crippen LogP contribution is 2.20. The summed E-state index contributed by atoms with van der Waals surface area (Å²) in [5.74, 6) is -0.113. The number of hydrogen-bond donors (Lipinski definition) is 4. The van der Waals surface area contributed by atoms with Gasteiger partial charge in [0.2, 0.25) is 0 Å². The molecule has 0 unspecified atom stereocenters. The number of phenolic OH excluding ortho intramolecular Hbond substituents is 1. The molecule has 0 spiro atoms. The number of carbonyl (C=O) groups is 2. The van der Waals surface area contributed by atoms with Crippen molar-refractivity contribution < 1.29 is 14.7 Å². The van der Waals surface area contributed by atoms with Crippen molar-refractivity contribution in [3.05, 3.63) is 64.7 Å². The Balaban J connectivity index is 1.38. The lowest BCUT2D eigenvalue weighted by Gasteiger charge is -2.29. The third kappa shape index (κ3) is 5.89. The van der Waals surface area contributed by atoms with Crippen LogP contribution in [0.2, 0.25) is 5.02 Å². The van der Waals surface area contributed by atoms with Crippen LogP contribution in [0.1, 0.15) is 41.6 Å². The summed E-state index contributed by atoms with van der Waals surface area (Å²) in [6.07, 6.45) is 3.21. The van der Waals surface area contributed by atoms with Crippen LogP contribution in [-0.4, -0.2) is 29.1 Å². The highest BCUT2D eigenvalue weighted by atomic mass is 35.5. The Morgan fingerprint density at radius 2 is 1.61 bits per heavy atom. The van der Waals surface area contributed by atoms with Crippen molar-refractivity contribution in [2.45, 2.75) is 44.3 Å². The number of halogens is 1. The second kappa shape index (κ2) is 9.46. The predicted octanol–water partition coefficient (Wildman–Crippen LogP) is 3.59. The van der Waals surface area contributed by atoms with E-state index in [9.17, 15) is 14.7 Å². The van der Waals surface area contributed by atoms with E-state index in [0.29, 0.717) is 17.1 Å². The summed E-state index contributed by atoms with van der Waals surface area (Å²) < 4.78 is 0. The summed E-state index contributed by atoms with van der Waals surface area (Å²) in [6, 6.07) is 13.6. The lowest BCUT2D eigenvalue weighted by Crippen LogP contribution is -2.46. The zero-order chi connectivity index (χ0) is 19.9. The molecule has 1 aliphatic carbocycles. The van der Waals surface area contributed by atoms with Gasteiger partial charge in [0.05, 0.1) is 0 Å². The van der Waals surface area contributed by atoms with Gasteiger partial charge in [-0.2, -0.15) is 0 Å². The van der Waals surface area contributed by atoms with Gasteiger partial charge in [0.1, 0.15) is 5.75 Å². The highest BCUT2D eigenvalue weighted by Gasteiger charge is 2.23. The Bertz CT molecular complexity index is 818. The second-order valence-electron chi connectivity index (χ2n) is 7.03. The minimum Gasteiger partial charge on any atom is -0.508 e. The van der Waals surface area contributed by atoms with E-state index in [1.807, 2.05) is 12.1 Å². The van der Waals surface area contributed by atoms with E-state index in [0.717, 1.165) is 31.2 Å². The molecule has 0 radical (unpaired) electrons. The monoisotopic (exact) mass is 401 g/mol. The molecule has 28 heavy (non-hydrogen) atoms. The van der Waals surface area contributed by atoms with Crippen LogP contribution >= 0.6 is 11.6 Å². The van der Waals surface area contributed by atoms with Gasteiger partial charge in [0, 0.05) is 29.2 Å². The average molecular weight is 402 g/mol. The molecule has 0 aromatic heterocycles. The topological polar surface area (TPSA) is 90.5 Å². The maximum absolute atomic E-state index is 12.3. The maximum atomic E-state index is 12.3. The summed E-state index contributed by atoms with van der Waals surface area (Å²) in [7, 11) is 0. The summed E-state index contributed by atoms with van der Waals surface area (Å²) in [4.78, 5) is 24.3. The molecule has 4 N–H and O–H groups in total. The molecule has 1 aliphatic rings. The molecule has 2 aromatic rings. The van der Waals surface area contributed by atoms with Crippen LogP contribution in [-0.2, 0) is 6.54 Å². The number of aromatic hydroxyl groups is 1. The third-order valence-electron chi connectivity index (χ3n) is 4.87. The molecule has 0 saturated heterocycles. The van der Waals surface area contributed by atoms with Gasteiger partial charge in [0.25, 0.3) is 5.91 Å². The van der Waals surface area contributed by atoms with Crippen molar-refractivity contribution in [2.75, 3.05) is 0 Å². The molecule has 3 amide bonds. The zero-order valence-electron chi connectivity index (χ0n) is 15.5. The summed E-state index contributed by atoms with van der Waals surface area (Å²) in [6.45, 7) is 0.443. The Kier molecular flexibility index (Phi) is 6.76. The second-order valence-corrected chi connectivity index (χ2v) is 7.46. The number of carbonyl (C=O) groups excluding carboxylic acids is 2.